The van der Waals surface area contributed by atoms with Gasteiger partial charge in [0.05, 0.1) is 36.8 Å². The maximum atomic E-state index is 7.53. The van der Waals surface area contributed by atoms with Crippen molar-refractivity contribution in [2.75, 3.05) is 19.8 Å². The molecule has 2 aromatic heterocycles. The van der Waals surface area contributed by atoms with Crippen LogP contribution in [-0.4, -0.2) is 43.8 Å². The molecular weight excluding hydrogens is 676 g/mol. The molecule has 0 saturated heterocycles. The normalized spacial score (nSPS) is 17.8. The summed E-state index contributed by atoms with van der Waals surface area (Å²) in [4.78, 5) is 4.91. The van der Waals surface area contributed by atoms with E-state index < -0.39 is 8.32 Å². The molecule has 0 fully saturated rings. The van der Waals surface area contributed by atoms with E-state index in [9.17, 15) is 0 Å². The maximum Gasteiger partial charge on any atom is 0.261 e. The van der Waals surface area contributed by atoms with Gasteiger partial charge in [-0.2, -0.15) is 0 Å². The van der Waals surface area contributed by atoms with E-state index in [1.54, 1.807) is 0 Å². The van der Waals surface area contributed by atoms with Crippen LogP contribution in [0.25, 0.3) is 22.2 Å². The molecule has 0 unspecified atom stereocenters. The Morgan fingerprint density at radius 3 is 2.19 bits per heavy atom. The van der Waals surface area contributed by atoms with Crippen molar-refractivity contribution >= 4 is 45.5 Å². The lowest BCUT2D eigenvalue weighted by Gasteiger charge is -2.44. The van der Waals surface area contributed by atoms with Gasteiger partial charge in [-0.3, -0.25) is 4.98 Å². The monoisotopic (exact) mass is 724 g/mol. The van der Waals surface area contributed by atoms with Crippen molar-refractivity contribution in [3.05, 3.63) is 113 Å². The summed E-state index contributed by atoms with van der Waals surface area (Å²) in [6, 6.07) is 32.8. The molecule has 7 heteroatoms. The first-order valence-corrected chi connectivity index (χ1v) is 19.9. The van der Waals surface area contributed by atoms with Crippen molar-refractivity contribution in [3.63, 3.8) is 0 Å². The Morgan fingerprint density at radius 1 is 0.875 bits per heavy atom. The number of nitrogens with zero attached hydrogens (tertiary/aromatic N) is 2. The average molecular weight is 726 g/mol. The number of pyridine rings is 1. The highest BCUT2D eigenvalue weighted by molar-refractivity contribution is 9.10. The molecule has 2 atom stereocenters. The molecule has 252 valence electrons. The third-order valence-electron chi connectivity index (χ3n) is 9.66. The first-order chi connectivity index (χ1) is 22.9. The second-order valence-electron chi connectivity index (χ2n) is 15.0. The summed E-state index contributed by atoms with van der Waals surface area (Å²) in [6.45, 7) is 18.4. The van der Waals surface area contributed by atoms with Crippen LogP contribution >= 0.6 is 15.9 Å². The van der Waals surface area contributed by atoms with Gasteiger partial charge in [0.25, 0.3) is 8.32 Å². The summed E-state index contributed by atoms with van der Waals surface area (Å²) in [6.07, 6.45) is 2.52. The van der Waals surface area contributed by atoms with E-state index in [2.05, 4.69) is 154 Å². The molecule has 0 N–H and O–H groups in total. The fraction of sp³-hybridized carbons (Fsp3) is 0.390. The van der Waals surface area contributed by atoms with Gasteiger partial charge < -0.3 is 18.5 Å². The molecule has 5 aromatic rings. The van der Waals surface area contributed by atoms with Crippen molar-refractivity contribution in [2.24, 2.45) is 5.41 Å². The predicted molar refractivity (Wildman–Crippen MR) is 204 cm³/mol. The second-order valence-corrected chi connectivity index (χ2v) is 20.2. The zero-order chi connectivity index (χ0) is 34.1. The molecular formula is C41H49BrN2O3Si. The van der Waals surface area contributed by atoms with Crippen LogP contribution in [0, 0.1) is 5.41 Å². The summed E-state index contributed by atoms with van der Waals surface area (Å²) in [5.74, 6) is 0. The minimum Gasteiger partial charge on any atom is -0.407 e. The molecule has 0 radical (unpaired) electrons. The summed E-state index contributed by atoms with van der Waals surface area (Å²) in [5, 5.41) is 3.75. The fourth-order valence-corrected chi connectivity index (χ4v) is 12.5. The molecule has 0 bridgehead atoms. The Bertz CT molecular complexity index is 1810. The standard InChI is InChI=1S/C41H49BrN2O3Si/c1-29-27-46-30(2)38-34(19-14-22-43-38)39-36(35-25-31(42)20-21-37(35)44(39)23-24-45-29)26-41(6,7)28-47-48(40(3,4)5,32-15-10-8-11-16-32)33-17-12-9-13-18-33/h8-22,25,29-30H,23-24,26-28H2,1-7H3/t29-,30-/m0/s1. The second kappa shape index (κ2) is 14.0. The lowest BCUT2D eigenvalue weighted by Crippen LogP contribution is -2.67. The molecule has 0 aliphatic carbocycles. The van der Waals surface area contributed by atoms with E-state index in [1.807, 2.05) is 12.3 Å². The lowest BCUT2D eigenvalue weighted by molar-refractivity contribution is -0.0342. The lowest BCUT2D eigenvalue weighted by atomic mass is 9.84. The zero-order valence-electron chi connectivity index (χ0n) is 29.4. The van der Waals surface area contributed by atoms with Crippen LogP contribution < -0.4 is 10.4 Å². The molecule has 3 heterocycles. The number of benzene rings is 3. The van der Waals surface area contributed by atoms with Gasteiger partial charge in [0.2, 0.25) is 0 Å². The van der Waals surface area contributed by atoms with Gasteiger partial charge in [-0.1, -0.05) is 111 Å². The molecule has 0 amide bonds. The molecule has 6 rings (SSSR count). The van der Waals surface area contributed by atoms with Gasteiger partial charge in [-0.15, -0.1) is 0 Å². The van der Waals surface area contributed by atoms with Crippen molar-refractivity contribution in [1.82, 2.24) is 9.55 Å². The van der Waals surface area contributed by atoms with E-state index in [0.29, 0.717) is 19.8 Å². The molecule has 0 spiro atoms. The fourth-order valence-electron chi connectivity index (χ4n) is 7.40. The van der Waals surface area contributed by atoms with Crippen molar-refractivity contribution < 1.29 is 13.9 Å². The van der Waals surface area contributed by atoms with E-state index in [-0.39, 0.29) is 22.7 Å². The predicted octanol–water partition coefficient (Wildman–Crippen LogP) is 9.11. The summed E-state index contributed by atoms with van der Waals surface area (Å²) >= 11 is 3.80. The first kappa shape index (κ1) is 34.8. The highest BCUT2D eigenvalue weighted by Gasteiger charge is 2.50. The third-order valence-corrected chi connectivity index (χ3v) is 15.1. The van der Waals surface area contributed by atoms with Gasteiger partial charge in [-0.25, -0.2) is 0 Å². The molecule has 5 nitrogen and oxygen atoms in total. The molecule has 1 aliphatic rings. The highest BCUT2D eigenvalue weighted by atomic mass is 79.9. The number of rotatable bonds is 7. The summed E-state index contributed by atoms with van der Waals surface area (Å²) < 4.78 is 23.6. The van der Waals surface area contributed by atoms with Crippen molar-refractivity contribution in [1.29, 1.82) is 0 Å². The molecule has 3 aromatic carbocycles. The Morgan fingerprint density at radius 2 is 1.54 bits per heavy atom. The zero-order valence-corrected chi connectivity index (χ0v) is 32.0. The Labute approximate surface area is 295 Å². The van der Waals surface area contributed by atoms with Crippen LogP contribution in [0.1, 0.15) is 65.8 Å². The van der Waals surface area contributed by atoms with Gasteiger partial charge in [0.15, 0.2) is 0 Å². The van der Waals surface area contributed by atoms with E-state index >= 15 is 0 Å². The maximum absolute atomic E-state index is 7.53. The third kappa shape index (κ3) is 6.85. The van der Waals surface area contributed by atoms with Gasteiger partial charge in [-0.05, 0) is 77.0 Å². The quantitative estimate of drug-likeness (QED) is 0.157. The van der Waals surface area contributed by atoms with Crippen LogP contribution in [0.5, 0.6) is 0 Å². The van der Waals surface area contributed by atoms with Crippen molar-refractivity contribution in [3.8, 4) is 11.3 Å². The van der Waals surface area contributed by atoms with Crippen LogP contribution in [0.3, 0.4) is 0 Å². The van der Waals surface area contributed by atoms with Crippen molar-refractivity contribution in [2.45, 2.75) is 78.7 Å². The van der Waals surface area contributed by atoms with E-state index in [0.717, 1.165) is 28.7 Å². The van der Waals surface area contributed by atoms with Crippen LogP contribution in [0.4, 0.5) is 0 Å². The van der Waals surface area contributed by atoms with Gasteiger partial charge in [0, 0.05) is 40.3 Å². The van der Waals surface area contributed by atoms with E-state index in [1.165, 1.54) is 32.5 Å². The van der Waals surface area contributed by atoms with Crippen LogP contribution in [0.2, 0.25) is 5.04 Å². The molecule has 0 saturated carbocycles. The number of hydrogen-bond acceptors (Lipinski definition) is 4. The Kier molecular flexibility index (Phi) is 10.2. The van der Waals surface area contributed by atoms with Gasteiger partial charge in [0.1, 0.15) is 0 Å². The Hall–Kier alpha value is -3.07. The van der Waals surface area contributed by atoms with Crippen LogP contribution in [-0.2, 0) is 26.9 Å². The highest BCUT2D eigenvalue weighted by Crippen LogP contribution is 2.43. The summed E-state index contributed by atoms with van der Waals surface area (Å²) in [5.41, 5.74) is 5.57. The molecule has 1 aliphatic heterocycles. The Balaban J connectivity index is 1.48. The number of halogens is 1. The van der Waals surface area contributed by atoms with Gasteiger partial charge >= 0.3 is 0 Å². The number of aromatic nitrogens is 2. The average Bonchev–Trinajstić information content (AvgIpc) is 3.34. The number of ether oxygens (including phenoxy) is 2. The number of hydrogen-bond donors (Lipinski definition) is 0. The SMILES string of the molecule is C[C@@H]1OC[C@H](C)OCCn2c(c(CC(C)(C)CO[Si](c3ccccc3)(c3ccccc3)C(C)(C)C)c3cc(Br)ccc32)-c2cccnc21. The molecule has 48 heavy (non-hydrogen) atoms. The topological polar surface area (TPSA) is 45.5 Å². The smallest absolute Gasteiger partial charge is 0.261 e. The van der Waals surface area contributed by atoms with Crippen LogP contribution in [0.15, 0.2) is 102 Å². The minimum absolute atomic E-state index is 0.00540. The van der Waals surface area contributed by atoms with E-state index in [4.69, 9.17) is 18.9 Å². The number of fused-ring (bicyclic) bond motifs is 5. The minimum atomic E-state index is -2.71. The largest absolute Gasteiger partial charge is 0.407 e. The summed E-state index contributed by atoms with van der Waals surface area (Å²) in [7, 11) is -2.71. The first-order valence-electron chi connectivity index (χ1n) is 17.2.